The second-order valence-electron chi connectivity index (χ2n) is 5.92. The number of nitrogens with one attached hydrogen (secondary N) is 2. The lowest BCUT2D eigenvalue weighted by Gasteiger charge is -2.42. The van der Waals surface area contributed by atoms with Crippen molar-refractivity contribution in [2.75, 3.05) is 32.9 Å². The minimum Gasteiger partial charge on any atom is -0.394 e. The van der Waals surface area contributed by atoms with Gasteiger partial charge >= 0.3 is 0 Å². The molecular weight excluding hydrogens is 244 g/mol. The van der Waals surface area contributed by atoms with Crippen LogP contribution in [0.15, 0.2) is 0 Å². The Labute approximate surface area is 115 Å². The van der Waals surface area contributed by atoms with Crippen molar-refractivity contribution in [1.82, 2.24) is 10.6 Å². The summed E-state index contributed by atoms with van der Waals surface area (Å²) in [6.45, 7) is 5.02. The van der Waals surface area contributed by atoms with Crippen molar-refractivity contribution in [1.29, 1.82) is 0 Å². The van der Waals surface area contributed by atoms with E-state index in [2.05, 4.69) is 17.6 Å². The smallest absolute Gasteiger partial charge is 0.228 e. The van der Waals surface area contributed by atoms with Gasteiger partial charge in [-0.05, 0) is 38.6 Å². The molecule has 5 heteroatoms. The Kier molecular flexibility index (Phi) is 4.81. The van der Waals surface area contributed by atoms with Crippen LogP contribution >= 0.6 is 0 Å². The zero-order valence-corrected chi connectivity index (χ0v) is 11.8. The number of amides is 1. The van der Waals surface area contributed by atoms with Crippen molar-refractivity contribution in [2.24, 2.45) is 5.41 Å². The molecule has 2 heterocycles. The van der Waals surface area contributed by atoms with E-state index in [-0.39, 0.29) is 17.9 Å². The zero-order chi connectivity index (χ0) is 13.8. The Bertz CT molecular complexity index is 308. The fraction of sp³-hybridized carbons (Fsp3) is 0.929. The van der Waals surface area contributed by atoms with Gasteiger partial charge in [0.2, 0.25) is 5.91 Å². The van der Waals surface area contributed by atoms with Crippen LogP contribution in [0.25, 0.3) is 0 Å². The molecule has 0 bridgehead atoms. The molecule has 0 spiro atoms. The maximum absolute atomic E-state index is 12.7. The van der Waals surface area contributed by atoms with Crippen LogP contribution < -0.4 is 10.6 Å². The van der Waals surface area contributed by atoms with Crippen molar-refractivity contribution in [3.8, 4) is 0 Å². The number of piperidine rings is 1. The van der Waals surface area contributed by atoms with E-state index in [1.54, 1.807) is 0 Å². The number of hydrogen-bond acceptors (Lipinski definition) is 4. The van der Waals surface area contributed by atoms with Crippen LogP contribution in [0.4, 0.5) is 0 Å². The van der Waals surface area contributed by atoms with Gasteiger partial charge in [0, 0.05) is 19.8 Å². The Morgan fingerprint density at radius 1 is 1.37 bits per heavy atom. The zero-order valence-electron chi connectivity index (χ0n) is 11.8. The van der Waals surface area contributed by atoms with Gasteiger partial charge < -0.3 is 20.5 Å². The predicted molar refractivity (Wildman–Crippen MR) is 72.8 cm³/mol. The van der Waals surface area contributed by atoms with E-state index in [1.165, 1.54) is 0 Å². The molecule has 2 aliphatic heterocycles. The summed E-state index contributed by atoms with van der Waals surface area (Å²) in [4.78, 5) is 12.7. The first-order valence-corrected chi connectivity index (χ1v) is 7.38. The summed E-state index contributed by atoms with van der Waals surface area (Å²) in [6, 6.07) is 0. The van der Waals surface area contributed by atoms with Crippen molar-refractivity contribution in [2.45, 2.75) is 44.6 Å². The molecule has 1 amide bonds. The summed E-state index contributed by atoms with van der Waals surface area (Å²) in [6.07, 6.45) is 4.20. The Morgan fingerprint density at radius 2 is 2.11 bits per heavy atom. The largest absolute Gasteiger partial charge is 0.394 e. The highest BCUT2D eigenvalue weighted by Gasteiger charge is 2.42. The molecule has 110 valence electrons. The highest BCUT2D eigenvalue weighted by atomic mass is 16.5. The lowest BCUT2D eigenvalue weighted by molar-refractivity contribution is -0.136. The van der Waals surface area contributed by atoms with Crippen LogP contribution in [0.5, 0.6) is 0 Å². The van der Waals surface area contributed by atoms with Crippen LogP contribution in [0.1, 0.15) is 39.0 Å². The number of aliphatic hydroxyl groups excluding tert-OH is 1. The SMILES string of the molecule is CCC1(C(=O)NC2(CO)CCOCC2)CCCNC1. The van der Waals surface area contributed by atoms with Gasteiger partial charge in [-0.1, -0.05) is 6.92 Å². The molecular formula is C14H26N2O3. The van der Waals surface area contributed by atoms with Crippen molar-refractivity contribution in [3.05, 3.63) is 0 Å². The second kappa shape index (κ2) is 6.20. The standard InChI is InChI=1S/C14H26N2O3/c1-2-13(4-3-7-15-10-13)12(18)16-14(11-17)5-8-19-9-6-14/h15,17H,2-11H2,1H3,(H,16,18). The molecule has 0 saturated carbocycles. The molecule has 0 aromatic heterocycles. The van der Waals surface area contributed by atoms with Gasteiger partial charge in [0.15, 0.2) is 0 Å². The maximum Gasteiger partial charge on any atom is 0.228 e. The van der Waals surface area contributed by atoms with E-state index in [0.717, 1.165) is 32.4 Å². The molecule has 2 aliphatic rings. The third kappa shape index (κ3) is 3.09. The van der Waals surface area contributed by atoms with Crippen LogP contribution in [-0.4, -0.2) is 49.5 Å². The molecule has 1 atom stereocenters. The van der Waals surface area contributed by atoms with E-state index in [9.17, 15) is 9.90 Å². The third-order valence-corrected chi connectivity index (χ3v) is 4.76. The predicted octanol–water partition coefficient (Wildman–Crippen LogP) is 0.424. The number of ether oxygens (including phenoxy) is 1. The second-order valence-corrected chi connectivity index (χ2v) is 5.92. The number of carbonyl (C=O) groups excluding carboxylic acids is 1. The normalized spacial score (nSPS) is 30.8. The topological polar surface area (TPSA) is 70.6 Å². The van der Waals surface area contributed by atoms with Crippen molar-refractivity contribution >= 4 is 5.91 Å². The van der Waals surface area contributed by atoms with Gasteiger partial charge in [-0.2, -0.15) is 0 Å². The molecule has 19 heavy (non-hydrogen) atoms. The molecule has 0 aliphatic carbocycles. The minimum absolute atomic E-state index is 0.00464. The van der Waals surface area contributed by atoms with Crippen molar-refractivity contribution in [3.63, 3.8) is 0 Å². The van der Waals surface area contributed by atoms with E-state index < -0.39 is 5.54 Å². The molecule has 0 aromatic rings. The maximum atomic E-state index is 12.7. The van der Waals surface area contributed by atoms with E-state index in [0.29, 0.717) is 26.1 Å². The van der Waals surface area contributed by atoms with Gasteiger partial charge in [0.1, 0.15) is 0 Å². The molecule has 2 rings (SSSR count). The van der Waals surface area contributed by atoms with Gasteiger partial charge in [0.25, 0.3) is 0 Å². The lowest BCUT2D eigenvalue weighted by atomic mass is 9.76. The minimum atomic E-state index is -0.477. The van der Waals surface area contributed by atoms with E-state index in [1.807, 2.05) is 0 Å². The van der Waals surface area contributed by atoms with Gasteiger partial charge in [-0.3, -0.25) is 4.79 Å². The monoisotopic (exact) mass is 270 g/mol. The molecule has 1 unspecified atom stereocenters. The van der Waals surface area contributed by atoms with Crippen LogP contribution in [0.3, 0.4) is 0 Å². The lowest BCUT2D eigenvalue weighted by Crippen LogP contribution is -2.60. The van der Waals surface area contributed by atoms with E-state index in [4.69, 9.17) is 4.74 Å². The fourth-order valence-electron chi connectivity index (χ4n) is 3.08. The first kappa shape index (κ1) is 14.8. The number of rotatable bonds is 4. The van der Waals surface area contributed by atoms with E-state index >= 15 is 0 Å². The highest BCUT2D eigenvalue weighted by Crippen LogP contribution is 2.32. The van der Waals surface area contributed by atoms with Crippen LogP contribution in [0, 0.1) is 5.41 Å². The van der Waals surface area contributed by atoms with Gasteiger partial charge in [-0.25, -0.2) is 0 Å². The molecule has 3 N–H and O–H groups in total. The van der Waals surface area contributed by atoms with Gasteiger partial charge in [-0.15, -0.1) is 0 Å². The summed E-state index contributed by atoms with van der Waals surface area (Å²) in [5.41, 5.74) is -0.784. The molecule has 2 fully saturated rings. The van der Waals surface area contributed by atoms with Crippen LogP contribution in [-0.2, 0) is 9.53 Å². The Morgan fingerprint density at radius 3 is 2.63 bits per heavy atom. The first-order chi connectivity index (χ1) is 9.16. The number of hydrogen-bond donors (Lipinski definition) is 3. The van der Waals surface area contributed by atoms with Gasteiger partial charge in [0.05, 0.1) is 17.6 Å². The Hall–Kier alpha value is -0.650. The molecule has 0 aromatic carbocycles. The highest BCUT2D eigenvalue weighted by molar-refractivity contribution is 5.83. The Balaban J connectivity index is 2.05. The average molecular weight is 270 g/mol. The molecule has 5 nitrogen and oxygen atoms in total. The quantitative estimate of drug-likeness (QED) is 0.692. The summed E-state index contributed by atoms with van der Waals surface area (Å²) in [5, 5.41) is 16.1. The molecule has 0 radical (unpaired) electrons. The summed E-state index contributed by atoms with van der Waals surface area (Å²) >= 11 is 0. The molecule has 2 saturated heterocycles. The number of aliphatic hydroxyl groups is 1. The summed E-state index contributed by atoms with van der Waals surface area (Å²) in [5.74, 6) is 0.0955. The fourth-order valence-corrected chi connectivity index (χ4v) is 3.08. The van der Waals surface area contributed by atoms with Crippen molar-refractivity contribution < 1.29 is 14.6 Å². The summed E-state index contributed by atoms with van der Waals surface area (Å²) < 4.78 is 5.33. The number of carbonyl (C=O) groups is 1. The average Bonchev–Trinajstić information content (AvgIpc) is 2.48. The van der Waals surface area contributed by atoms with Crippen LogP contribution in [0.2, 0.25) is 0 Å². The summed E-state index contributed by atoms with van der Waals surface area (Å²) in [7, 11) is 0. The first-order valence-electron chi connectivity index (χ1n) is 7.38. The third-order valence-electron chi connectivity index (χ3n) is 4.76.